The van der Waals surface area contributed by atoms with E-state index in [2.05, 4.69) is 40.5 Å². The van der Waals surface area contributed by atoms with Gasteiger partial charge in [0.05, 0.1) is 5.56 Å². The highest BCUT2D eigenvalue weighted by Gasteiger charge is 2.34. The van der Waals surface area contributed by atoms with Gasteiger partial charge in [-0.1, -0.05) is 56.0 Å². The second-order valence-corrected chi connectivity index (χ2v) is 12.1. The van der Waals surface area contributed by atoms with Gasteiger partial charge in [-0.2, -0.15) is 4.89 Å². The molecule has 0 saturated heterocycles. The van der Waals surface area contributed by atoms with E-state index in [-0.39, 0.29) is 5.41 Å². The van der Waals surface area contributed by atoms with Crippen molar-refractivity contribution in [1.82, 2.24) is 0 Å². The summed E-state index contributed by atoms with van der Waals surface area (Å²) in [6.45, 7) is 16.6. The van der Waals surface area contributed by atoms with Gasteiger partial charge in [-0.05, 0) is 42.7 Å². The van der Waals surface area contributed by atoms with Crippen LogP contribution in [-0.4, -0.2) is 14.0 Å². The number of benzene rings is 1. The SMILES string of the molecule is C=C[Si](C)(C=C)c1ccc(C(=O)OO[C]2CC(C)CC(C)(C)C2)cc1. The maximum Gasteiger partial charge on any atom is 0.373 e. The second kappa shape index (κ2) is 7.71. The first-order valence-electron chi connectivity index (χ1n) is 8.80. The highest BCUT2D eigenvalue weighted by Crippen LogP contribution is 2.43. The predicted octanol–water partition coefficient (Wildman–Crippen LogP) is 4.89. The standard InChI is InChI=1S/C21H29O3Si/c1-7-25(6,8-2)19-11-9-17(10-12-19)20(22)24-23-18-13-16(3)14-21(4,5)15-18/h7-12,16H,1-2,13-15H2,3-6H3. The summed E-state index contributed by atoms with van der Waals surface area (Å²) in [7, 11) is -1.86. The van der Waals surface area contributed by atoms with Gasteiger partial charge in [0.15, 0.2) is 0 Å². The number of carbonyl (C=O) groups is 1. The molecule has 1 atom stereocenters. The Morgan fingerprint density at radius 1 is 1.24 bits per heavy atom. The third-order valence-electron chi connectivity index (χ3n) is 4.98. The second-order valence-electron chi connectivity index (χ2n) is 8.12. The van der Waals surface area contributed by atoms with Crippen molar-refractivity contribution in [2.75, 3.05) is 0 Å². The van der Waals surface area contributed by atoms with Crippen LogP contribution in [0.2, 0.25) is 6.55 Å². The third kappa shape index (κ3) is 4.92. The van der Waals surface area contributed by atoms with Crippen molar-refractivity contribution in [3.05, 3.63) is 60.5 Å². The quantitative estimate of drug-likeness (QED) is 0.413. The molecule has 3 nitrogen and oxygen atoms in total. The van der Waals surface area contributed by atoms with E-state index in [0.717, 1.165) is 30.6 Å². The highest BCUT2D eigenvalue weighted by atomic mass is 28.3. The molecule has 25 heavy (non-hydrogen) atoms. The smallest absolute Gasteiger partial charge is 0.292 e. The maximum atomic E-state index is 12.2. The summed E-state index contributed by atoms with van der Waals surface area (Å²) < 4.78 is 0. The van der Waals surface area contributed by atoms with E-state index >= 15 is 0 Å². The maximum absolute atomic E-state index is 12.2. The zero-order chi connectivity index (χ0) is 18.7. The Hall–Kier alpha value is -1.65. The number of hydrogen-bond acceptors (Lipinski definition) is 3. The molecule has 1 radical (unpaired) electrons. The van der Waals surface area contributed by atoms with Crippen LogP contribution in [0.15, 0.2) is 48.8 Å². The molecule has 1 aliphatic carbocycles. The molecule has 1 aliphatic rings. The molecule has 135 valence electrons. The molecule has 0 spiro atoms. The summed E-state index contributed by atoms with van der Waals surface area (Å²) in [6, 6.07) is 7.45. The van der Waals surface area contributed by atoms with Gasteiger partial charge < -0.3 is 0 Å². The summed E-state index contributed by atoms with van der Waals surface area (Å²) in [5, 5.41) is 1.16. The van der Waals surface area contributed by atoms with E-state index in [1.807, 2.05) is 23.5 Å². The normalized spacial score (nSPS) is 20.7. The minimum absolute atomic E-state index is 0.186. The van der Waals surface area contributed by atoms with Gasteiger partial charge in [-0.25, -0.2) is 4.79 Å². The van der Waals surface area contributed by atoms with Crippen molar-refractivity contribution < 1.29 is 14.6 Å². The summed E-state index contributed by atoms with van der Waals surface area (Å²) in [4.78, 5) is 22.7. The van der Waals surface area contributed by atoms with Crippen molar-refractivity contribution in [3.63, 3.8) is 0 Å². The lowest BCUT2D eigenvalue weighted by Gasteiger charge is -2.36. The molecule has 0 N–H and O–H groups in total. The topological polar surface area (TPSA) is 35.5 Å². The van der Waals surface area contributed by atoms with Crippen molar-refractivity contribution in [2.24, 2.45) is 11.3 Å². The van der Waals surface area contributed by atoms with Crippen LogP contribution in [0, 0.1) is 17.4 Å². The molecule has 1 aromatic carbocycles. The molecule has 1 fully saturated rings. The lowest BCUT2D eigenvalue weighted by atomic mass is 9.71. The minimum atomic E-state index is -1.86. The van der Waals surface area contributed by atoms with Crippen LogP contribution in [0.3, 0.4) is 0 Å². The monoisotopic (exact) mass is 357 g/mol. The minimum Gasteiger partial charge on any atom is -0.292 e. The van der Waals surface area contributed by atoms with Crippen LogP contribution in [0.4, 0.5) is 0 Å². The lowest BCUT2D eigenvalue weighted by molar-refractivity contribution is -0.245. The molecule has 4 heteroatoms. The first-order valence-corrected chi connectivity index (χ1v) is 11.5. The molecular weight excluding hydrogens is 328 g/mol. The Balaban J connectivity index is 1.97. The van der Waals surface area contributed by atoms with Gasteiger partial charge in [0.25, 0.3) is 0 Å². The van der Waals surface area contributed by atoms with Gasteiger partial charge in [0.1, 0.15) is 14.2 Å². The zero-order valence-corrected chi connectivity index (χ0v) is 16.8. The van der Waals surface area contributed by atoms with Crippen molar-refractivity contribution in [3.8, 4) is 0 Å². The molecule has 1 aromatic rings. The molecular formula is C21H29O3Si. The highest BCUT2D eigenvalue weighted by molar-refractivity contribution is 6.98. The fraction of sp³-hybridized carbons (Fsp3) is 0.429. The van der Waals surface area contributed by atoms with Crippen LogP contribution in [0.25, 0.3) is 0 Å². The molecule has 0 amide bonds. The number of hydrogen-bond donors (Lipinski definition) is 0. The molecule has 0 aromatic heterocycles. The van der Waals surface area contributed by atoms with Crippen LogP contribution < -0.4 is 5.19 Å². The Bertz CT molecular complexity index is 625. The van der Waals surface area contributed by atoms with E-state index in [0.29, 0.717) is 11.5 Å². The molecule has 2 rings (SSSR count). The van der Waals surface area contributed by atoms with E-state index in [4.69, 9.17) is 9.78 Å². The van der Waals surface area contributed by atoms with E-state index in [9.17, 15) is 4.79 Å². The fourth-order valence-electron chi connectivity index (χ4n) is 3.58. The van der Waals surface area contributed by atoms with E-state index < -0.39 is 14.0 Å². The Morgan fingerprint density at radius 2 is 1.84 bits per heavy atom. The Morgan fingerprint density at radius 3 is 2.36 bits per heavy atom. The summed E-state index contributed by atoms with van der Waals surface area (Å²) in [6.07, 6.45) is 3.68. The van der Waals surface area contributed by atoms with Crippen molar-refractivity contribution >= 4 is 19.2 Å². The molecule has 0 heterocycles. The van der Waals surface area contributed by atoms with Gasteiger partial charge >= 0.3 is 5.97 Å². The van der Waals surface area contributed by atoms with Crippen LogP contribution in [-0.2, 0) is 9.78 Å². The third-order valence-corrected chi connectivity index (χ3v) is 8.25. The van der Waals surface area contributed by atoms with Gasteiger partial charge in [0.2, 0.25) is 0 Å². The van der Waals surface area contributed by atoms with Crippen molar-refractivity contribution in [2.45, 2.75) is 46.6 Å². The predicted molar refractivity (Wildman–Crippen MR) is 105 cm³/mol. The van der Waals surface area contributed by atoms with Gasteiger partial charge in [-0.15, -0.1) is 13.2 Å². The average Bonchev–Trinajstić information content (AvgIpc) is 2.57. The van der Waals surface area contributed by atoms with Gasteiger partial charge in [0, 0.05) is 0 Å². The Kier molecular flexibility index (Phi) is 6.06. The molecule has 0 bridgehead atoms. The largest absolute Gasteiger partial charge is 0.373 e. The zero-order valence-electron chi connectivity index (χ0n) is 15.8. The molecule has 0 aliphatic heterocycles. The first-order chi connectivity index (χ1) is 11.7. The summed E-state index contributed by atoms with van der Waals surface area (Å²) >= 11 is 0. The van der Waals surface area contributed by atoms with Crippen molar-refractivity contribution in [1.29, 1.82) is 0 Å². The van der Waals surface area contributed by atoms with Crippen LogP contribution in [0.1, 0.15) is 50.4 Å². The van der Waals surface area contributed by atoms with Crippen LogP contribution >= 0.6 is 0 Å². The molecule has 1 unspecified atom stereocenters. The Labute approximate surface area is 152 Å². The van der Waals surface area contributed by atoms with E-state index in [1.54, 1.807) is 12.1 Å². The number of carbonyl (C=O) groups excluding carboxylic acids is 1. The summed E-state index contributed by atoms with van der Waals surface area (Å²) in [5.41, 5.74) is 4.61. The number of rotatable bonds is 6. The average molecular weight is 358 g/mol. The summed E-state index contributed by atoms with van der Waals surface area (Å²) in [5.74, 6) is 0.0767. The fourth-order valence-corrected chi connectivity index (χ4v) is 5.10. The van der Waals surface area contributed by atoms with Gasteiger partial charge in [-0.3, -0.25) is 4.89 Å². The lowest BCUT2D eigenvalue weighted by Crippen LogP contribution is -2.40. The van der Waals surface area contributed by atoms with Crippen LogP contribution in [0.5, 0.6) is 0 Å². The van der Waals surface area contributed by atoms with E-state index in [1.165, 1.54) is 0 Å². The first kappa shape index (κ1) is 19.7. The molecule has 1 saturated carbocycles.